The lowest BCUT2D eigenvalue weighted by molar-refractivity contribution is -0.160. The number of pyridine rings is 1. The fourth-order valence-electron chi connectivity index (χ4n) is 5.40. The molecular weight excluding hydrogens is 426 g/mol. The average Bonchev–Trinajstić information content (AvgIpc) is 3.18. The summed E-state index contributed by atoms with van der Waals surface area (Å²) in [5.74, 6) is 0.0755. The van der Waals surface area contributed by atoms with E-state index >= 15 is 0 Å². The van der Waals surface area contributed by atoms with Crippen molar-refractivity contribution in [2.24, 2.45) is 7.05 Å². The van der Waals surface area contributed by atoms with E-state index in [0.717, 1.165) is 40.6 Å². The molecule has 1 atom stereocenters. The lowest BCUT2D eigenvalue weighted by Gasteiger charge is -2.46. The number of fused-ring (bicyclic) bond motifs is 3. The number of rotatable bonds is 4. The zero-order chi connectivity index (χ0) is 23.2. The summed E-state index contributed by atoms with van der Waals surface area (Å²) in [6, 6.07) is 20.0. The third-order valence-electron chi connectivity index (χ3n) is 7.24. The molecule has 2 fully saturated rings. The van der Waals surface area contributed by atoms with Gasteiger partial charge in [-0.05, 0) is 35.2 Å². The highest BCUT2D eigenvalue weighted by Gasteiger charge is 2.42. The first-order chi connectivity index (χ1) is 16.6. The Kier molecular flexibility index (Phi) is 5.07. The van der Waals surface area contributed by atoms with Crippen LogP contribution in [0.4, 0.5) is 0 Å². The van der Waals surface area contributed by atoms with Crippen LogP contribution in [-0.2, 0) is 29.7 Å². The van der Waals surface area contributed by atoms with Crippen molar-refractivity contribution in [3.8, 4) is 0 Å². The predicted molar refractivity (Wildman–Crippen MR) is 131 cm³/mol. The van der Waals surface area contributed by atoms with Crippen molar-refractivity contribution in [1.29, 1.82) is 0 Å². The smallest absolute Gasteiger partial charge is 0.247 e. The normalized spacial score (nSPS) is 19.3. The van der Waals surface area contributed by atoms with E-state index in [1.54, 1.807) is 9.80 Å². The molecule has 7 heteroatoms. The van der Waals surface area contributed by atoms with Crippen LogP contribution in [-0.4, -0.2) is 68.3 Å². The summed E-state index contributed by atoms with van der Waals surface area (Å²) in [5, 5.41) is 2.28. The first kappa shape index (κ1) is 20.9. The van der Waals surface area contributed by atoms with E-state index in [2.05, 4.69) is 44.8 Å². The Morgan fingerprint density at radius 2 is 1.79 bits per heavy atom. The molecule has 2 aromatic heterocycles. The van der Waals surface area contributed by atoms with Gasteiger partial charge in [0.15, 0.2) is 0 Å². The largest absolute Gasteiger partial charge is 0.346 e. The van der Waals surface area contributed by atoms with E-state index in [4.69, 9.17) is 0 Å². The second kappa shape index (κ2) is 8.25. The summed E-state index contributed by atoms with van der Waals surface area (Å²) >= 11 is 0. The Balaban J connectivity index is 1.22. The first-order valence-corrected chi connectivity index (χ1v) is 11.7. The Morgan fingerprint density at radius 1 is 0.971 bits per heavy atom. The minimum Gasteiger partial charge on any atom is -0.346 e. The van der Waals surface area contributed by atoms with Crippen LogP contribution in [0.5, 0.6) is 0 Å². The van der Waals surface area contributed by atoms with Crippen LogP contribution in [0.3, 0.4) is 0 Å². The van der Waals surface area contributed by atoms with Gasteiger partial charge in [0.25, 0.3) is 0 Å². The van der Waals surface area contributed by atoms with E-state index in [9.17, 15) is 9.59 Å². The fourth-order valence-corrected chi connectivity index (χ4v) is 5.40. The molecule has 0 N–H and O–H groups in total. The Labute approximate surface area is 198 Å². The highest BCUT2D eigenvalue weighted by atomic mass is 16.2. The second-order valence-corrected chi connectivity index (χ2v) is 9.27. The topological polar surface area (TPSA) is 61.7 Å². The number of para-hydroxylation sites is 2. The Bertz CT molecular complexity index is 1410. The summed E-state index contributed by atoms with van der Waals surface area (Å²) in [6.45, 7) is 3.21. The lowest BCUT2D eigenvalue weighted by atomic mass is 10.0. The van der Waals surface area contributed by atoms with Crippen molar-refractivity contribution >= 4 is 33.6 Å². The molecule has 0 spiro atoms. The van der Waals surface area contributed by atoms with Crippen LogP contribution >= 0.6 is 0 Å². The summed E-state index contributed by atoms with van der Waals surface area (Å²) in [7, 11) is 2.02. The SMILES string of the molecule is Cn1c(CN2CC(=O)N3CCN(Cc4ccnc5ccccc45)CC3C2=O)cc2ccccc21. The molecule has 0 bridgehead atoms. The Morgan fingerprint density at radius 3 is 2.68 bits per heavy atom. The maximum atomic E-state index is 13.5. The zero-order valence-corrected chi connectivity index (χ0v) is 19.2. The molecule has 0 saturated carbocycles. The number of aryl methyl sites for hydroxylation is 1. The summed E-state index contributed by atoms with van der Waals surface area (Å²) in [4.78, 5) is 36.8. The van der Waals surface area contributed by atoms with Gasteiger partial charge in [-0.2, -0.15) is 0 Å². The van der Waals surface area contributed by atoms with Crippen LogP contribution in [0.1, 0.15) is 11.3 Å². The van der Waals surface area contributed by atoms with E-state index in [-0.39, 0.29) is 18.4 Å². The monoisotopic (exact) mass is 453 g/mol. The van der Waals surface area contributed by atoms with Gasteiger partial charge in [0.1, 0.15) is 12.6 Å². The van der Waals surface area contributed by atoms with E-state index in [0.29, 0.717) is 19.6 Å². The molecule has 4 aromatic rings. The third kappa shape index (κ3) is 3.53. The van der Waals surface area contributed by atoms with Crippen molar-refractivity contribution in [1.82, 2.24) is 24.3 Å². The van der Waals surface area contributed by atoms with Gasteiger partial charge in [0.2, 0.25) is 11.8 Å². The molecule has 172 valence electrons. The van der Waals surface area contributed by atoms with Crippen LogP contribution in [0.15, 0.2) is 66.9 Å². The van der Waals surface area contributed by atoms with Gasteiger partial charge in [-0.15, -0.1) is 0 Å². The molecule has 34 heavy (non-hydrogen) atoms. The summed E-state index contributed by atoms with van der Waals surface area (Å²) < 4.78 is 2.11. The first-order valence-electron chi connectivity index (χ1n) is 11.7. The molecule has 2 aromatic carbocycles. The van der Waals surface area contributed by atoms with E-state index < -0.39 is 6.04 Å². The minimum absolute atomic E-state index is 0.0362. The van der Waals surface area contributed by atoms with Gasteiger partial charge in [0.05, 0.1) is 12.1 Å². The molecule has 1 unspecified atom stereocenters. The number of carbonyl (C=O) groups excluding carboxylic acids is 2. The number of hydrogen-bond donors (Lipinski definition) is 0. The molecule has 4 heterocycles. The van der Waals surface area contributed by atoms with Crippen LogP contribution in [0, 0.1) is 0 Å². The number of amides is 2. The molecule has 2 saturated heterocycles. The number of carbonyl (C=O) groups is 2. The van der Waals surface area contributed by atoms with Crippen molar-refractivity contribution in [3.63, 3.8) is 0 Å². The standard InChI is InChI=1S/C27H27N5O2/c1-29-21(14-19-6-2-5-9-24(19)29)16-31-18-26(33)32-13-12-30(17-25(32)27(31)34)15-20-10-11-28-23-8-4-3-7-22(20)23/h2-11,14,25H,12-13,15-18H2,1H3. The third-order valence-corrected chi connectivity index (χ3v) is 7.24. The van der Waals surface area contributed by atoms with Crippen LogP contribution in [0.2, 0.25) is 0 Å². The van der Waals surface area contributed by atoms with Crippen molar-refractivity contribution in [2.45, 2.75) is 19.1 Å². The molecule has 2 amide bonds. The maximum Gasteiger partial charge on any atom is 0.247 e. The van der Waals surface area contributed by atoms with Crippen molar-refractivity contribution in [2.75, 3.05) is 26.2 Å². The number of benzene rings is 2. The fraction of sp³-hybridized carbons (Fsp3) is 0.296. The van der Waals surface area contributed by atoms with Crippen LogP contribution < -0.4 is 0 Å². The summed E-state index contributed by atoms with van der Waals surface area (Å²) in [5.41, 5.74) is 4.33. The van der Waals surface area contributed by atoms with Gasteiger partial charge >= 0.3 is 0 Å². The Hall–Kier alpha value is -3.71. The average molecular weight is 454 g/mol. The number of nitrogens with zero attached hydrogens (tertiary/aromatic N) is 5. The van der Waals surface area contributed by atoms with Gasteiger partial charge in [0, 0.05) is 56.0 Å². The van der Waals surface area contributed by atoms with Crippen LogP contribution in [0.25, 0.3) is 21.8 Å². The predicted octanol–water partition coefficient (Wildman–Crippen LogP) is 2.78. The molecule has 0 radical (unpaired) electrons. The molecule has 6 rings (SSSR count). The maximum absolute atomic E-state index is 13.5. The molecule has 7 nitrogen and oxygen atoms in total. The molecule has 0 aliphatic carbocycles. The van der Waals surface area contributed by atoms with Gasteiger partial charge in [-0.25, -0.2) is 0 Å². The van der Waals surface area contributed by atoms with Gasteiger partial charge in [-0.1, -0.05) is 36.4 Å². The molecular formula is C27H27N5O2. The quantitative estimate of drug-likeness (QED) is 0.477. The van der Waals surface area contributed by atoms with Gasteiger partial charge in [-0.3, -0.25) is 19.5 Å². The number of piperazine rings is 2. The highest BCUT2D eigenvalue weighted by Crippen LogP contribution is 2.25. The zero-order valence-electron chi connectivity index (χ0n) is 19.2. The van der Waals surface area contributed by atoms with Crippen molar-refractivity contribution < 1.29 is 9.59 Å². The summed E-state index contributed by atoms with van der Waals surface area (Å²) in [6.07, 6.45) is 1.84. The van der Waals surface area contributed by atoms with Gasteiger partial charge < -0.3 is 14.4 Å². The number of aromatic nitrogens is 2. The molecule has 2 aliphatic rings. The van der Waals surface area contributed by atoms with E-state index in [1.807, 2.05) is 43.6 Å². The second-order valence-electron chi connectivity index (χ2n) is 9.27. The molecule has 2 aliphatic heterocycles. The number of hydrogen-bond acceptors (Lipinski definition) is 4. The highest BCUT2D eigenvalue weighted by molar-refractivity contribution is 5.95. The lowest BCUT2D eigenvalue weighted by Crippen LogP contribution is -2.66. The van der Waals surface area contributed by atoms with Crippen molar-refractivity contribution in [3.05, 3.63) is 78.1 Å². The van der Waals surface area contributed by atoms with E-state index in [1.165, 1.54) is 5.56 Å². The minimum atomic E-state index is -0.433.